The minimum absolute atomic E-state index is 0.214. The van der Waals surface area contributed by atoms with E-state index in [0.717, 1.165) is 11.1 Å². The highest BCUT2D eigenvalue weighted by Crippen LogP contribution is 2.46. The fourth-order valence-corrected chi connectivity index (χ4v) is 4.52. The van der Waals surface area contributed by atoms with Crippen LogP contribution in [0.5, 0.6) is 17.2 Å². The molecule has 0 atom stereocenters. The van der Waals surface area contributed by atoms with Gasteiger partial charge in [-0.05, 0) is 19.4 Å². The van der Waals surface area contributed by atoms with Crippen LogP contribution in [0.1, 0.15) is 22.8 Å². The summed E-state index contributed by atoms with van der Waals surface area (Å²) in [6, 6.07) is 11.2. The summed E-state index contributed by atoms with van der Waals surface area (Å²) < 4.78 is 21.7. The molecule has 0 aliphatic rings. The standard InChI is InChI=1S/C24H27N3O5S/c1-6-32-23(28)20-17(15-9-7-14(2)8-10-15)13-33-22(20)27(24(25)26)16-11-18(29-3)21(31-5)19(12-16)30-4/h7-13H,6H2,1-5H3,(H3,25,26). The normalized spacial score (nSPS) is 10.5. The second-order valence-electron chi connectivity index (χ2n) is 7.02. The number of guanidine groups is 1. The molecule has 0 aliphatic heterocycles. The van der Waals surface area contributed by atoms with Gasteiger partial charge in [-0.25, -0.2) is 4.79 Å². The van der Waals surface area contributed by atoms with E-state index >= 15 is 0 Å². The molecule has 2 aromatic carbocycles. The first-order valence-electron chi connectivity index (χ1n) is 10.2. The highest BCUT2D eigenvalue weighted by molar-refractivity contribution is 7.15. The number of hydrogen-bond donors (Lipinski definition) is 2. The minimum Gasteiger partial charge on any atom is -0.493 e. The van der Waals surface area contributed by atoms with Crippen molar-refractivity contribution in [1.82, 2.24) is 0 Å². The average molecular weight is 470 g/mol. The van der Waals surface area contributed by atoms with Crippen LogP contribution in [0.2, 0.25) is 0 Å². The van der Waals surface area contributed by atoms with Gasteiger partial charge >= 0.3 is 5.97 Å². The Bertz CT molecular complexity index is 1130. The molecule has 174 valence electrons. The van der Waals surface area contributed by atoms with Crippen LogP contribution in [0.25, 0.3) is 11.1 Å². The van der Waals surface area contributed by atoms with Crippen molar-refractivity contribution in [2.45, 2.75) is 13.8 Å². The SMILES string of the molecule is CCOC(=O)c1c(-c2ccc(C)cc2)csc1N(C(=N)N)c1cc(OC)c(OC)c(OC)c1. The first-order chi connectivity index (χ1) is 15.9. The molecule has 0 saturated carbocycles. The van der Waals surface area contributed by atoms with E-state index in [2.05, 4.69) is 0 Å². The van der Waals surface area contributed by atoms with Crippen molar-refractivity contribution in [1.29, 1.82) is 5.41 Å². The zero-order valence-corrected chi connectivity index (χ0v) is 20.0. The van der Waals surface area contributed by atoms with E-state index in [9.17, 15) is 4.79 Å². The van der Waals surface area contributed by atoms with E-state index in [-0.39, 0.29) is 12.6 Å². The van der Waals surface area contributed by atoms with Gasteiger partial charge in [-0.3, -0.25) is 10.3 Å². The first-order valence-corrected chi connectivity index (χ1v) is 11.0. The summed E-state index contributed by atoms with van der Waals surface area (Å²) in [5.74, 6) is 0.414. The van der Waals surface area contributed by atoms with E-state index in [1.54, 1.807) is 19.1 Å². The molecule has 3 N–H and O–H groups in total. The number of hydrogen-bond acceptors (Lipinski definition) is 7. The van der Waals surface area contributed by atoms with Crippen molar-refractivity contribution < 1.29 is 23.7 Å². The third kappa shape index (κ3) is 4.73. The van der Waals surface area contributed by atoms with E-state index in [1.807, 2.05) is 36.6 Å². The van der Waals surface area contributed by atoms with Crippen LogP contribution in [0.4, 0.5) is 10.7 Å². The van der Waals surface area contributed by atoms with Crippen LogP contribution in [-0.2, 0) is 4.74 Å². The highest BCUT2D eigenvalue weighted by Gasteiger charge is 2.29. The van der Waals surface area contributed by atoms with Gasteiger partial charge in [0, 0.05) is 23.1 Å². The summed E-state index contributed by atoms with van der Waals surface area (Å²) in [6.07, 6.45) is 0. The third-order valence-electron chi connectivity index (χ3n) is 4.97. The number of nitrogens with two attached hydrogens (primary N) is 1. The quantitative estimate of drug-likeness (QED) is 0.273. The Labute approximate surface area is 197 Å². The maximum Gasteiger partial charge on any atom is 0.341 e. The molecule has 0 fully saturated rings. The van der Waals surface area contributed by atoms with Crippen molar-refractivity contribution in [2.75, 3.05) is 32.8 Å². The Morgan fingerprint density at radius 3 is 2.15 bits per heavy atom. The highest BCUT2D eigenvalue weighted by atomic mass is 32.1. The van der Waals surface area contributed by atoms with Gasteiger partial charge in [0.1, 0.15) is 10.6 Å². The molecule has 1 heterocycles. The summed E-state index contributed by atoms with van der Waals surface area (Å²) >= 11 is 1.29. The van der Waals surface area contributed by atoms with E-state index < -0.39 is 5.97 Å². The van der Waals surface area contributed by atoms with Gasteiger partial charge < -0.3 is 24.7 Å². The predicted molar refractivity (Wildman–Crippen MR) is 131 cm³/mol. The fourth-order valence-electron chi connectivity index (χ4n) is 3.42. The molecule has 0 spiro atoms. The lowest BCUT2D eigenvalue weighted by Gasteiger charge is -2.24. The molecule has 3 rings (SSSR count). The number of aryl methyl sites for hydroxylation is 1. The van der Waals surface area contributed by atoms with E-state index in [1.165, 1.54) is 37.6 Å². The van der Waals surface area contributed by atoms with Crippen molar-refractivity contribution in [3.8, 4) is 28.4 Å². The van der Waals surface area contributed by atoms with E-state index in [0.29, 0.717) is 39.1 Å². The summed E-state index contributed by atoms with van der Waals surface area (Å²) in [5, 5.41) is 10.6. The molecule has 33 heavy (non-hydrogen) atoms. The van der Waals surface area contributed by atoms with Crippen LogP contribution < -0.4 is 24.8 Å². The van der Waals surface area contributed by atoms with Crippen molar-refractivity contribution in [2.24, 2.45) is 5.73 Å². The Morgan fingerprint density at radius 1 is 1.06 bits per heavy atom. The van der Waals surface area contributed by atoms with E-state index in [4.69, 9.17) is 30.1 Å². The summed E-state index contributed by atoms with van der Waals surface area (Å²) in [5.41, 5.74) is 9.48. The van der Waals surface area contributed by atoms with Crippen LogP contribution in [0.15, 0.2) is 41.8 Å². The number of methoxy groups -OCH3 is 3. The molecule has 8 nitrogen and oxygen atoms in total. The third-order valence-corrected chi connectivity index (χ3v) is 5.93. The van der Waals surface area contributed by atoms with Gasteiger partial charge in [-0.1, -0.05) is 29.8 Å². The number of carbonyl (C=O) groups is 1. The zero-order chi connectivity index (χ0) is 24.1. The maximum absolute atomic E-state index is 13.1. The van der Waals surface area contributed by atoms with Crippen molar-refractivity contribution in [3.05, 3.63) is 52.9 Å². The zero-order valence-electron chi connectivity index (χ0n) is 19.2. The number of carbonyl (C=O) groups excluding carboxylic acids is 1. The van der Waals surface area contributed by atoms with Crippen LogP contribution in [0.3, 0.4) is 0 Å². The van der Waals surface area contributed by atoms with Crippen LogP contribution in [-0.4, -0.2) is 39.9 Å². The molecule has 9 heteroatoms. The molecule has 0 bridgehead atoms. The first kappa shape index (κ1) is 23.9. The van der Waals surface area contributed by atoms with Gasteiger partial charge in [0.15, 0.2) is 17.5 Å². The maximum atomic E-state index is 13.1. The molecule has 3 aromatic rings. The number of esters is 1. The minimum atomic E-state index is -0.497. The molecule has 0 aliphatic carbocycles. The molecular formula is C24H27N3O5S. The lowest BCUT2D eigenvalue weighted by Crippen LogP contribution is -2.33. The van der Waals surface area contributed by atoms with Crippen LogP contribution in [0, 0.1) is 12.3 Å². The number of nitrogens with one attached hydrogen (secondary N) is 1. The fraction of sp³-hybridized carbons (Fsp3) is 0.250. The van der Waals surface area contributed by atoms with Gasteiger partial charge in [0.2, 0.25) is 5.75 Å². The largest absolute Gasteiger partial charge is 0.493 e. The lowest BCUT2D eigenvalue weighted by molar-refractivity contribution is 0.0529. The summed E-state index contributed by atoms with van der Waals surface area (Å²) in [6.45, 7) is 3.96. The summed E-state index contributed by atoms with van der Waals surface area (Å²) in [4.78, 5) is 14.5. The number of benzene rings is 2. The number of nitrogens with zero attached hydrogens (tertiary/aromatic N) is 1. The van der Waals surface area contributed by atoms with Gasteiger partial charge in [0.25, 0.3) is 0 Å². The number of ether oxygens (including phenoxy) is 4. The summed E-state index contributed by atoms with van der Waals surface area (Å²) in [7, 11) is 4.52. The smallest absolute Gasteiger partial charge is 0.341 e. The van der Waals surface area contributed by atoms with Gasteiger partial charge in [0.05, 0.1) is 33.6 Å². The van der Waals surface area contributed by atoms with Crippen molar-refractivity contribution >= 4 is 34.0 Å². The lowest BCUT2D eigenvalue weighted by atomic mass is 10.0. The molecule has 0 unspecified atom stereocenters. The average Bonchev–Trinajstić information content (AvgIpc) is 3.23. The Kier molecular flexibility index (Phi) is 7.44. The monoisotopic (exact) mass is 469 g/mol. The number of thiophene rings is 1. The topological polar surface area (TPSA) is 107 Å². The number of rotatable bonds is 8. The number of anilines is 2. The Morgan fingerprint density at radius 2 is 1.67 bits per heavy atom. The molecule has 0 radical (unpaired) electrons. The second kappa shape index (κ2) is 10.3. The Hall–Kier alpha value is -3.72. The Balaban J connectivity index is 2.25. The van der Waals surface area contributed by atoms with Gasteiger partial charge in [-0.2, -0.15) is 0 Å². The van der Waals surface area contributed by atoms with Gasteiger partial charge in [-0.15, -0.1) is 11.3 Å². The van der Waals surface area contributed by atoms with Crippen LogP contribution >= 0.6 is 11.3 Å². The molecular weight excluding hydrogens is 442 g/mol. The molecule has 0 saturated heterocycles. The van der Waals surface area contributed by atoms with Crippen molar-refractivity contribution in [3.63, 3.8) is 0 Å². The molecule has 1 aromatic heterocycles. The molecule has 0 amide bonds. The second-order valence-corrected chi connectivity index (χ2v) is 7.88. The predicted octanol–water partition coefficient (Wildman–Crippen LogP) is 4.96.